The van der Waals surface area contributed by atoms with E-state index < -0.39 is 0 Å². The topological polar surface area (TPSA) is 43.8 Å². The minimum Gasteiger partial charge on any atom is -0.369 e. The van der Waals surface area contributed by atoms with E-state index in [0.717, 1.165) is 29.6 Å². The number of aryl methyl sites for hydroxylation is 1. The SMILES string of the molecule is CCCc1ccccc1-n1c(N)nc2cccc(Cl)c21. The van der Waals surface area contributed by atoms with Crippen LogP contribution in [0, 0.1) is 0 Å². The van der Waals surface area contributed by atoms with Gasteiger partial charge in [0.05, 0.1) is 21.7 Å². The van der Waals surface area contributed by atoms with Crippen LogP contribution in [0.25, 0.3) is 16.7 Å². The lowest BCUT2D eigenvalue weighted by molar-refractivity contribution is 0.905. The van der Waals surface area contributed by atoms with E-state index in [2.05, 4.69) is 24.0 Å². The summed E-state index contributed by atoms with van der Waals surface area (Å²) in [5.41, 5.74) is 10.1. The highest BCUT2D eigenvalue weighted by atomic mass is 35.5. The van der Waals surface area contributed by atoms with E-state index in [1.54, 1.807) is 0 Å². The molecular weight excluding hydrogens is 270 g/mol. The van der Waals surface area contributed by atoms with Crippen molar-refractivity contribution in [2.75, 3.05) is 5.73 Å². The molecule has 20 heavy (non-hydrogen) atoms. The predicted molar refractivity (Wildman–Crippen MR) is 84.5 cm³/mol. The van der Waals surface area contributed by atoms with Gasteiger partial charge in [-0.3, -0.25) is 4.57 Å². The number of anilines is 1. The van der Waals surface area contributed by atoms with Gasteiger partial charge in [-0.15, -0.1) is 0 Å². The van der Waals surface area contributed by atoms with Gasteiger partial charge >= 0.3 is 0 Å². The zero-order valence-electron chi connectivity index (χ0n) is 11.3. The van der Waals surface area contributed by atoms with Gasteiger partial charge in [-0.2, -0.15) is 0 Å². The Morgan fingerprint density at radius 3 is 2.75 bits per heavy atom. The number of aromatic nitrogens is 2. The number of hydrogen-bond donors (Lipinski definition) is 1. The first-order valence-electron chi connectivity index (χ1n) is 6.73. The van der Waals surface area contributed by atoms with E-state index in [1.807, 2.05) is 34.9 Å². The maximum absolute atomic E-state index is 6.34. The number of nitrogens with zero attached hydrogens (tertiary/aromatic N) is 2. The number of imidazole rings is 1. The van der Waals surface area contributed by atoms with Crippen LogP contribution in [0.15, 0.2) is 42.5 Å². The minimum absolute atomic E-state index is 0.469. The lowest BCUT2D eigenvalue weighted by atomic mass is 10.1. The highest BCUT2D eigenvalue weighted by Gasteiger charge is 2.14. The molecule has 0 fully saturated rings. The van der Waals surface area contributed by atoms with Crippen LogP contribution >= 0.6 is 11.6 Å². The van der Waals surface area contributed by atoms with Crippen LogP contribution < -0.4 is 5.73 Å². The monoisotopic (exact) mass is 285 g/mol. The average Bonchev–Trinajstić information content (AvgIpc) is 2.77. The Morgan fingerprint density at radius 2 is 1.95 bits per heavy atom. The Bertz CT molecular complexity index is 762. The quantitative estimate of drug-likeness (QED) is 0.783. The molecule has 0 amide bonds. The molecule has 0 saturated heterocycles. The summed E-state index contributed by atoms with van der Waals surface area (Å²) in [6, 6.07) is 13.9. The van der Waals surface area contributed by atoms with Crippen molar-refractivity contribution in [3.8, 4) is 5.69 Å². The fraction of sp³-hybridized carbons (Fsp3) is 0.188. The minimum atomic E-state index is 0.469. The van der Waals surface area contributed by atoms with Crippen molar-refractivity contribution < 1.29 is 0 Å². The first-order valence-corrected chi connectivity index (χ1v) is 7.11. The molecule has 3 rings (SSSR count). The van der Waals surface area contributed by atoms with Crippen molar-refractivity contribution in [3.63, 3.8) is 0 Å². The zero-order chi connectivity index (χ0) is 14.1. The first-order chi connectivity index (χ1) is 9.72. The summed E-state index contributed by atoms with van der Waals surface area (Å²) in [7, 11) is 0. The summed E-state index contributed by atoms with van der Waals surface area (Å²) < 4.78 is 1.95. The Kier molecular flexibility index (Phi) is 3.36. The van der Waals surface area contributed by atoms with Gasteiger partial charge in [0.1, 0.15) is 0 Å². The third kappa shape index (κ3) is 2.04. The van der Waals surface area contributed by atoms with Gasteiger partial charge in [-0.05, 0) is 30.2 Å². The number of nitrogen functional groups attached to an aromatic ring is 1. The normalized spacial score (nSPS) is 11.1. The molecule has 4 heteroatoms. The van der Waals surface area contributed by atoms with Crippen molar-refractivity contribution in [2.24, 2.45) is 0 Å². The number of benzene rings is 2. The average molecular weight is 286 g/mol. The molecule has 0 atom stereocenters. The van der Waals surface area contributed by atoms with E-state index in [4.69, 9.17) is 17.3 Å². The van der Waals surface area contributed by atoms with Crippen molar-refractivity contribution in [3.05, 3.63) is 53.1 Å². The summed E-state index contributed by atoms with van der Waals surface area (Å²) in [4.78, 5) is 4.41. The predicted octanol–water partition coefficient (Wildman–Crippen LogP) is 4.21. The van der Waals surface area contributed by atoms with Gasteiger partial charge in [-0.1, -0.05) is 49.2 Å². The van der Waals surface area contributed by atoms with Crippen molar-refractivity contribution >= 4 is 28.6 Å². The van der Waals surface area contributed by atoms with Gasteiger partial charge in [0, 0.05) is 0 Å². The van der Waals surface area contributed by atoms with Gasteiger partial charge < -0.3 is 5.73 Å². The zero-order valence-corrected chi connectivity index (χ0v) is 12.1. The molecule has 0 aliphatic carbocycles. The highest BCUT2D eigenvalue weighted by Crippen LogP contribution is 2.30. The van der Waals surface area contributed by atoms with Crippen LogP contribution in [0.4, 0.5) is 5.95 Å². The number of halogens is 1. The van der Waals surface area contributed by atoms with E-state index in [9.17, 15) is 0 Å². The van der Waals surface area contributed by atoms with Crippen LogP contribution in [0.3, 0.4) is 0 Å². The molecule has 3 aromatic rings. The number of rotatable bonds is 3. The van der Waals surface area contributed by atoms with Crippen LogP contribution in [-0.2, 0) is 6.42 Å². The molecule has 0 saturated carbocycles. The number of hydrogen-bond acceptors (Lipinski definition) is 2. The van der Waals surface area contributed by atoms with Crippen molar-refractivity contribution in [1.29, 1.82) is 0 Å². The van der Waals surface area contributed by atoms with Gasteiger partial charge in [0.15, 0.2) is 0 Å². The van der Waals surface area contributed by atoms with E-state index in [-0.39, 0.29) is 0 Å². The fourth-order valence-corrected chi connectivity index (χ4v) is 2.81. The standard InChI is InChI=1S/C16H16ClN3/c1-2-6-11-7-3-4-10-14(11)20-15-12(17)8-5-9-13(15)19-16(20)18/h3-5,7-10H,2,6H2,1H3,(H2,18,19). The molecule has 2 aromatic carbocycles. The maximum atomic E-state index is 6.34. The largest absolute Gasteiger partial charge is 0.369 e. The number of fused-ring (bicyclic) bond motifs is 1. The summed E-state index contributed by atoms with van der Waals surface area (Å²) in [6.07, 6.45) is 2.08. The Labute approximate surface area is 123 Å². The second kappa shape index (κ2) is 5.17. The van der Waals surface area contributed by atoms with Crippen LogP contribution in [0.1, 0.15) is 18.9 Å². The van der Waals surface area contributed by atoms with E-state index >= 15 is 0 Å². The van der Waals surface area contributed by atoms with Crippen molar-refractivity contribution in [2.45, 2.75) is 19.8 Å². The number of para-hydroxylation sites is 2. The third-order valence-electron chi connectivity index (χ3n) is 3.41. The second-order valence-corrected chi connectivity index (χ2v) is 5.20. The highest BCUT2D eigenvalue weighted by molar-refractivity contribution is 6.35. The van der Waals surface area contributed by atoms with E-state index in [0.29, 0.717) is 11.0 Å². The molecule has 0 aliphatic heterocycles. The lowest BCUT2D eigenvalue weighted by Crippen LogP contribution is -2.04. The summed E-state index contributed by atoms with van der Waals surface area (Å²) in [6.45, 7) is 2.17. The molecule has 2 N–H and O–H groups in total. The van der Waals surface area contributed by atoms with Crippen LogP contribution in [-0.4, -0.2) is 9.55 Å². The molecule has 1 aromatic heterocycles. The summed E-state index contributed by atoms with van der Waals surface area (Å²) in [5, 5.41) is 0.665. The van der Waals surface area contributed by atoms with Gasteiger partial charge in [0.2, 0.25) is 5.95 Å². The third-order valence-corrected chi connectivity index (χ3v) is 3.71. The first kappa shape index (κ1) is 13.0. The molecule has 0 unspecified atom stereocenters. The molecule has 0 bridgehead atoms. The molecule has 1 heterocycles. The molecule has 3 nitrogen and oxygen atoms in total. The molecule has 0 aliphatic rings. The van der Waals surface area contributed by atoms with Crippen molar-refractivity contribution in [1.82, 2.24) is 9.55 Å². The molecular formula is C16H16ClN3. The number of nitrogens with two attached hydrogens (primary N) is 1. The summed E-state index contributed by atoms with van der Waals surface area (Å²) >= 11 is 6.34. The fourth-order valence-electron chi connectivity index (χ4n) is 2.56. The Morgan fingerprint density at radius 1 is 1.15 bits per heavy atom. The second-order valence-electron chi connectivity index (χ2n) is 4.79. The Hall–Kier alpha value is -2.00. The Balaban J connectivity index is 2.32. The van der Waals surface area contributed by atoms with Crippen LogP contribution in [0.2, 0.25) is 5.02 Å². The van der Waals surface area contributed by atoms with Gasteiger partial charge in [0.25, 0.3) is 0 Å². The van der Waals surface area contributed by atoms with Crippen LogP contribution in [0.5, 0.6) is 0 Å². The van der Waals surface area contributed by atoms with E-state index in [1.165, 1.54) is 5.56 Å². The molecule has 102 valence electrons. The van der Waals surface area contributed by atoms with Gasteiger partial charge in [-0.25, -0.2) is 4.98 Å². The summed E-state index contributed by atoms with van der Waals surface area (Å²) in [5.74, 6) is 0.469. The maximum Gasteiger partial charge on any atom is 0.205 e. The molecule has 0 radical (unpaired) electrons. The molecule has 0 spiro atoms. The smallest absolute Gasteiger partial charge is 0.205 e. The lowest BCUT2D eigenvalue weighted by Gasteiger charge is -2.12.